The number of unbranched alkanes of at least 4 members (excludes halogenated alkanes) is 2. The number of rotatable bonds is 7. The molecule has 0 atom stereocenters. The number of aryl methyl sites for hydroxylation is 1. The van der Waals surface area contributed by atoms with Crippen LogP contribution in [0.4, 0.5) is 5.69 Å². The lowest BCUT2D eigenvalue weighted by Crippen LogP contribution is -2.25. The van der Waals surface area contributed by atoms with Crippen molar-refractivity contribution in [3.63, 3.8) is 0 Å². The Morgan fingerprint density at radius 1 is 1.04 bits per heavy atom. The molecule has 1 aromatic carbocycles. The number of hydrogen-bond acceptors (Lipinski definition) is 3. The Balaban J connectivity index is 2.01. The molecule has 0 bridgehead atoms. The van der Waals surface area contributed by atoms with E-state index in [2.05, 4.69) is 22.5 Å². The predicted molar refractivity (Wildman–Crippen MR) is 95.2 cm³/mol. The zero-order chi connectivity index (χ0) is 17.4. The standard InChI is InChI=1S/C19H23N3O2/c1-3-4-5-9-21-18(23)15-11-16(13-20-12-15)19(24)22-17-8-6-7-14(2)10-17/h6-8,10-13H,3-5,9H2,1-2H3,(H,21,23)(H,22,24). The Morgan fingerprint density at radius 2 is 1.79 bits per heavy atom. The maximum Gasteiger partial charge on any atom is 0.257 e. The zero-order valence-electron chi connectivity index (χ0n) is 14.1. The van der Waals surface area contributed by atoms with Gasteiger partial charge in [0, 0.05) is 24.6 Å². The molecule has 0 radical (unpaired) electrons. The summed E-state index contributed by atoms with van der Waals surface area (Å²) in [6.45, 7) is 4.70. The van der Waals surface area contributed by atoms with Gasteiger partial charge in [0.1, 0.15) is 0 Å². The summed E-state index contributed by atoms with van der Waals surface area (Å²) >= 11 is 0. The molecule has 2 N–H and O–H groups in total. The first-order valence-corrected chi connectivity index (χ1v) is 8.21. The third-order valence-electron chi connectivity index (χ3n) is 3.60. The van der Waals surface area contributed by atoms with E-state index in [4.69, 9.17) is 0 Å². The van der Waals surface area contributed by atoms with Gasteiger partial charge in [0.05, 0.1) is 11.1 Å². The number of amides is 2. The van der Waals surface area contributed by atoms with Crippen molar-refractivity contribution >= 4 is 17.5 Å². The molecule has 2 rings (SSSR count). The first-order valence-electron chi connectivity index (χ1n) is 8.21. The topological polar surface area (TPSA) is 71.1 Å². The first-order chi connectivity index (χ1) is 11.6. The van der Waals surface area contributed by atoms with E-state index in [1.807, 2.05) is 31.2 Å². The Bertz CT molecular complexity index is 713. The second-order valence-electron chi connectivity index (χ2n) is 5.75. The average molecular weight is 325 g/mol. The minimum atomic E-state index is -0.284. The van der Waals surface area contributed by atoms with Crippen molar-refractivity contribution in [2.24, 2.45) is 0 Å². The number of anilines is 1. The number of nitrogens with one attached hydrogen (secondary N) is 2. The van der Waals surface area contributed by atoms with Gasteiger partial charge in [-0.15, -0.1) is 0 Å². The fourth-order valence-electron chi connectivity index (χ4n) is 2.29. The van der Waals surface area contributed by atoms with Crippen molar-refractivity contribution in [1.82, 2.24) is 10.3 Å². The maximum atomic E-state index is 12.3. The lowest BCUT2D eigenvalue weighted by molar-refractivity contribution is 0.0952. The van der Waals surface area contributed by atoms with Crippen LogP contribution in [0.3, 0.4) is 0 Å². The van der Waals surface area contributed by atoms with Gasteiger partial charge in [0.25, 0.3) is 11.8 Å². The van der Waals surface area contributed by atoms with Gasteiger partial charge in [0.2, 0.25) is 0 Å². The van der Waals surface area contributed by atoms with Crippen LogP contribution < -0.4 is 10.6 Å². The summed E-state index contributed by atoms with van der Waals surface area (Å²) in [6, 6.07) is 9.11. The number of benzene rings is 1. The minimum absolute atomic E-state index is 0.205. The monoisotopic (exact) mass is 325 g/mol. The molecule has 0 unspecified atom stereocenters. The summed E-state index contributed by atoms with van der Waals surface area (Å²) in [4.78, 5) is 28.4. The minimum Gasteiger partial charge on any atom is -0.352 e. The Labute approximate surface area is 142 Å². The molecule has 0 saturated carbocycles. The van der Waals surface area contributed by atoms with Gasteiger partial charge in [-0.2, -0.15) is 0 Å². The zero-order valence-corrected chi connectivity index (χ0v) is 14.1. The highest BCUT2D eigenvalue weighted by atomic mass is 16.2. The highest BCUT2D eigenvalue weighted by Gasteiger charge is 2.11. The maximum absolute atomic E-state index is 12.3. The van der Waals surface area contributed by atoms with Gasteiger partial charge in [-0.3, -0.25) is 14.6 Å². The van der Waals surface area contributed by atoms with Crippen LogP contribution >= 0.6 is 0 Å². The normalized spacial score (nSPS) is 10.2. The second kappa shape index (κ2) is 8.82. The van der Waals surface area contributed by atoms with E-state index in [0.717, 1.165) is 30.5 Å². The van der Waals surface area contributed by atoms with Crippen molar-refractivity contribution in [2.45, 2.75) is 33.1 Å². The van der Waals surface area contributed by atoms with Crippen molar-refractivity contribution in [3.8, 4) is 0 Å². The number of carbonyl (C=O) groups is 2. The molecule has 24 heavy (non-hydrogen) atoms. The van der Waals surface area contributed by atoms with E-state index in [1.54, 1.807) is 6.07 Å². The van der Waals surface area contributed by atoms with Crippen molar-refractivity contribution in [3.05, 3.63) is 59.4 Å². The quantitative estimate of drug-likeness (QED) is 0.765. The van der Waals surface area contributed by atoms with Gasteiger partial charge in [0.15, 0.2) is 0 Å². The van der Waals surface area contributed by atoms with E-state index in [0.29, 0.717) is 17.7 Å². The van der Waals surface area contributed by atoms with Gasteiger partial charge >= 0.3 is 0 Å². The van der Waals surface area contributed by atoms with E-state index in [1.165, 1.54) is 12.4 Å². The highest BCUT2D eigenvalue weighted by molar-refractivity contribution is 6.05. The van der Waals surface area contributed by atoms with Crippen LogP contribution in [0.1, 0.15) is 52.5 Å². The molecular formula is C19H23N3O2. The Morgan fingerprint density at radius 3 is 2.50 bits per heavy atom. The van der Waals surface area contributed by atoms with Crippen LogP contribution in [0.15, 0.2) is 42.7 Å². The van der Waals surface area contributed by atoms with Gasteiger partial charge in [-0.25, -0.2) is 0 Å². The van der Waals surface area contributed by atoms with E-state index < -0.39 is 0 Å². The Kier molecular flexibility index (Phi) is 6.49. The van der Waals surface area contributed by atoms with Crippen LogP contribution in [-0.2, 0) is 0 Å². The van der Waals surface area contributed by atoms with Crippen molar-refractivity contribution < 1.29 is 9.59 Å². The largest absolute Gasteiger partial charge is 0.352 e. The Hall–Kier alpha value is -2.69. The second-order valence-corrected chi connectivity index (χ2v) is 5.75. The van der Waals surface area contributed by atoms with E-state index >= 15 is 0 Å². The molecule has 0 aliphatic rings. The van der Waals surface area contributed by atoms with Crippen LogP contribution in [0.25, 0.3) is 0 Å². The smallest absolute Gasteiger partial charge is 0.257 e. The molecular weight excluding hydrogens is 302 g/mol. The fourth-order valence-corrected chi connectivity index (χ4v) is 2.29. The highest BCUT2D eigenvalue weighted by Crippen LogP contribution is 2.12. The van der Waals surface area contributed by atoms with Gasteiger partial charge in [-0.05, 0) is 37.1 Å². The van der Waals surface area contributed by atoms with Gasteiger partial charge in [-0.1, -0.05) is 31.9 Å². The summed E-state index contributed by atoms with van der Waals surface area (Å²) in [7, 11) is 0. The predicted octanol–water partition coefficient (Wildman–Crippen LogP) is 3.56. The van der Waals surface area contributed by atoms with Crippen molar-refractivity contribution in [2.75, 3.05) is 11.9 Å². The van der Waals surface area contributed by atoms with Gasteiger partial charge < -0.3 is 10.6 Å². The molecule has 0 spiro atoms. The molecule has 2 amide bonds. The number of carbonyl (C=O) groups excluding carboxylic acids is 2. The molecule has 0 fully saturated rings. The van der Waals surface area contributed by atoms with E-state index in [9.17, 15) is 9.59 Å². The van der Waals surface area contributed by atoms with Crippen LogP contribution in [0, 0.1) is 6.92 Å². The van der Waals surface area contributed by atoms with Crippen LogP contribution in [0.5, 0.6) is 0 Å². The van der Waals surface area contributed by atoms with Crippen molar-refractivity contribution in [1.29, 1.82) is 0 Å². The fraction of sp³-hybridized carbons (Fsp3) is 0.316. The molecule has 0 aliphatic carbocycles. The number of nitrogens with zero attached hydrogens (tertiary/aromatic N) is 1. The summed E-state index contributed by atoms with van der Waals surface area (Å²) in [5.41, 5.74) is 2.53. The molecule has 126 valence electrons. The first kappa shape index (κ1) is 17.7. The molecule has 0 aliphatic heterocycles. The summed E-state index contributed by atoms with van der Waals surface area (Å²) < 4.78 is 0. The average Bonchev–Trinajstić information content (AvgIpc) is 2.58. The lowest BCUT2D eigenvalue weighted by atomic mass is 10.1. The molecule has 1 aromatic heterocycles. The summed E-state index contributed by atoms with van der Waals surface area (Å²) in [5, 5.41) is 5.66. The number of pyridine rings is 1. The lowest BCUT2D eigenvalue weighted by Gasteiger charge is -2.08. The molecule has 2 aromatic rings. The number of hydrogen-bond donors (Lipinski definition) is 2. The SMILES string of the molecule is CCCCCNC(=O)c1cncc(C(=O)Nc2cccc(C)c2)c1. The van der Waals surface area contributed by atoms with Crippen LogP contribution in [0.2, 0.25) is 0 Å². The summed E-state index contributed by atoms with van der Waals surface area (Å²) in [6.07, 6.45) is 6.06. The molecule has 5 nitrogen and oxygen atoms in total. The third kappa shape index (κ3) is 5.19. The molecule has 5 heteroatoms. The number of aromatic nitrogens is 1. The molecule has 1 heterocycles. The third-order valence-corrected chi connectivity index (χ3v) is 3.60. The van der Waals surface area contributed by atoms with Crippen LogP contribution in [-0.4, -0.2) is 23.3 Å². The summed E-state index contributed by atoms with van der Waals surface area (Å²) in [5.74, 6) is -0.488. The van der Waals surface area contributed by atoms with E-state index in [-0.39, 0.29) is 11.8 Å². The molecule has 0 saturated heterocycles.